The second-order valence-corrected chi connectivity index (χ2v) is 15.1. The molecule has 5 fully saturated rings. The highest BCUT2D eigenvalue weighted by Gasteiger charge is 2.71. The fourth-order valence-corrected chi connectivity index (χ4v) is 11.3. The highest BCUT2D eigenvalue weighted by molar-refractivity contribution is 5.84. The number of Topliss-reactive ketones (excluding diaryl/α,β-unsaturated/α-hetero) is 1. The van der Waals surface area contributed by atoms with Gasteiger partial charge in [-0.1, -0.05) is 55.4 Å². The van der Waals surface area contributed by atoms with Gasteiger partial charge in [0.05, 0.1) is 6.10 Å². The van der Waals surface area contributed by atoms with Gasteiger partial charge in [0.1, 0.15) is 5.78 Å². The Hall–Kier alpha value is -0.370. The molecule has 0 amide bonds. The molecule has 1 N–H and O–H groups in total. The maximum absolute atomic E-state index is 14.3. The van der Waals surface area contributed by atoms with E-state index in [0.717, 1.165) is 25.2 Å². The number of fused-ring (bicyclic) bond motifs is 7. The van der Waals surface area contributed by atoms with E-state index >= 15 is 0 Å². The van der Waals surface area contributed by atoms with Crippen LogP contribution in [0.2, 0.25) is 0 Å². The van der Waals surface area contributed by atoms with Crippen LogP contribution in [0.4, 0.5) is 0 Å². The summed E-state index contributed by atoms with van der Waals surface area (Å²) >= 11 is 0. The lowest BCUT2D eigenvalue weighted by atomic mass is 9.31. The van der Waals surface area contributed by atoms with Gasteiger partial charge in [0.2, 0.25) is 0 Å². The van der Waals surface area contributed by atoms with Gasteiger partial charge in [0.15, 0.2) is 0 Å². The lowest BCUT2D eigenvalue weighted by Gasteiger charge is -2.73. The third kappa shape index (κ3) is 2.66. The van der Waals surface area contributed by atoms with Gasteiger partial charge in [-0.15, -0.1) is 0 Å². The predicted molar refractivity (Wildman–Crippen MR) is 131 cm³/mol. The second kappa shape index (κ2) is 6.86. The van der Waals surface area contributed by atoms with Gasteiger partial charge in [-0.05, 0) is 108 Å². The number of ketones is 1. The number of aliphatic hydroxyl groups is 1. The summed E-state index contributed by atoms with van der Waals surface area (Å²) < 4.78 is 0. The minimum Gasteiger partial charge on any atom is -0.393 e. The molecule has 5 aliphatic rings. The molecule has 0 bridgehead atoms. The van der Waals surface area contributed by atoms with Crippen molar-refractivity contribution in [2.45, 2.75) is 119 Å². The van der Waals surface area contributed by atoms with E-state index < -0.39 is 0 Å². The van der Waals surface area contributed by atoms with Gasteiger partial charge in [-0.2, -0.15) is 0 Å². The van der Waals surface area contributed by atoms with Gasteiger partial charge in [-0.3, -0.25) is 4.79 Å². The molecule has 2 nitrogen and oxygen atoms in total. The Morgan fingerprint density at radius 3 is 2.16 bits per heavy atom. The van der Waals surface area contributed by atoms with Crippen LogP contribution in [0.5, 0.6) is 0 Å². The Morgan fingerprint density at radius 2 is 1.47 bits per heavy atom. The van der Waals surface area contributed by atoms with E-state index in [1.165, 1.54) is 38.5 Å². The van der Waals surface area contributed by atoms with Gasteiger partial charge >= 0.3 is 0 Å². The first-order valence-electron chi connectivity index (χ1n) is 13.9. The molecule has 182 valence electrons. The summed E-state index contributed by atoms with van der Waals surface area (Å²) in [7, 11) is 0. The van der Waals surface area contributed by atoms with E-state index in [1.807, 2.05) is 0 Å². The molecule has 5 aliphatic carbocycles. The van der Waals surface area contributed by atoms with Gasteiger partial charge in [0.25, 0.3) is 0 Å². The summed E-state index contributed by atoms with van der Waals surface area (Å²) in [6, 6.07) is 0. The fourth-order valence-electron chi connectivity index (χ4n) is 11.3. The van der Waals surface area contributed by atoms with Gasteiger partial charge in [0, 0.05) is 12.3 Å². The van der Waals surface area contributed by atoms with Crippen molar-refractivity contribution in [3.63, 3.8) is 0 Å². The average molecular weight is 443 g/mol. The zero-order valence-corrected chi connectivity index (χ0v) is 22.3. The molecule has 0 aliphatic heterocycles. The highest BCUT2D eigenvalue weighted by atomic mass is 16.3. The molecule has 0 aromatic rings. The van der Waals surface area contributed by atoms with Crippen LogP contribution in [0.15, 0.2) is 0 Å². The first-order valence-corrected chi connectivity index (χ1v) is 13.9. The Bertz CT molecular complexity index is 801. The number of hydrogen-bond donors (Lipinski definition) is 1. The topological polar surface area (TPSA) is 37.3 Å². The summed E-state index contributed by atoms with van der Waals surface area (Å²) in [5, 5.41) is 10.9. The van der Waals surface area contributed by atoms with E-state index in [-0.39, 0.29) is 33.7 Å². The van der Waals surface area contributed by atoms with Gasteiger partial charge in [-0.25, -0.2) is 0 Å². The Balaban J connectivity index is 1.59. The number of carbonyl (C=O) groups excluding carboxylic acids is 1. The standard InChI is InChI=1S/C30H50O2/c1-18-9-12-27(5)15-16-30(8)25(24(27)19(18)2)20(31)17-22-28(6)13-11-23(32)26(3,4)21(28)10-14-29(22,30)7/h18-19,21-25,32H,9-17H2,1-8H3/t18-,19+,21-,22-,23+,24-,25-,27-,28-,29+,30+/m1/s1. The van der Waals surface area contributed by atoms with E-state index in [4.69, 9.17) is 0 Å². The van der Waals surface area contributed by atoms with E-state index in [2.05, 4.69) is 55.4 Å². The molecule has 0 unspecified atom stereocenters. The average Bonchev–Trinajstić information content (AvgIpc) is 2.71. The molecule has 5 rings (SSSR count). The fraction of sp³-hybridized carbons (Fsp3) is 0.967. The second-order valence-electron chi connectivity index (χ2n) is 15.1. The molecule has 0 spiro atoms. The molecular formula is C30H50O2. The largest absolute Gasteiger partial charge is 0.393 e. The van der Waals surface area contributed by atoms with Crippen LogP contribution in [0, 0.1) is 62.6 Å². The highest BCUT2D eigenvalue weighted by Crippen LogP contribution is 2.76. The lowest BCUT2D eigenvalue weighted by molar-refractivity contribution is -0.246. The van der Waals surface area contributed by atoms with Crippen molar-refractivity contribution in [2.24, 2.45) is 62.6 Å². The van der Waals surface area contributed by atoms with E-state index in [9.17, 15) is 9.90 Å². The molecule has 0 aromatic carbocycles. The quantitative estimate of drug-likeness (QED) is 0.428. The molecule has 5 saturated carbocycles. The monoisotopic (exact) mass is 442 g/mol. The Labute approximate surface area is 197 Å². The minimum absolute atomic E-state index is 0.0480. The molecule has 11 atom stereocenters. The minimum atomic E-state index is -0.201. The summed E-state index contributed by atoms with van der Waals surface area (Å²) in [6.07, 6.45) is 10.2. The van der Waals surface area contributed by atoms with E-state index in [0.29, 0.717) is 34.9 Å². The third-order valence-electron chi connectivity index (χ3n) is 13.8. The van der Waals surface area contributed by atoms with Crippen LogP contribution >= 0.6 is 0 Å². The van der Waals surface area contributed by atoms with Crippen molar-refractivity contribution in [1.29, 1.82) is 0 Å². The Morgan fingerprint density at radius 1 is 0.781 bits per heavy atom. The molecule has 0 heterocycles. The maximum atomic E-state index is 14.3. The van der Waals surface area contributed by atoms with Crippen LogP contribution in [-0.2, 0) is 4.79 Å². The van der Waals surface area contributed by atoms with Crippen molar-refractivity contribution < 1.29 is 9.90 Å². The van der Waals surface area contributed by atoms with Crippen LogP contribution in [0.3, 0.4) is 0 Å². The summed E-state index contributed by atoms with van der Waals surface area (Å²) in [6.45, 7) is 19.7. The summed E-state index contributed by atoms with van der Waals surface area (Å²) in [5.74, 6) is 3.80. The molecule has 0 radical (unpaired) electrons. The molecule has 0 saturated heterocycles. The van der Waals surface area contributed by atoms with Crippen molar-refractivity contribution in [3.05, 3.63) is 0 Å². The predicted octanol–water partition coefficient (Wildman–Crippen LogP) is 7.28. The number of hydrogen-bond acceptors (Lipinski definition) is 2. The van der Waals surface area contributed by atoms with Crippen LogP contribution in [0.25, 0.3) is 0 Å². The van der Waals surface area contributed by atoms with Crippen molar-refractivity contribution in [3.8, 4) is 0 Å². The summed E-state index contributed by atoms with van der Waals surface area (Å²) in [4.78, 5) is 14.3. The number of aliphatic hydroxyl groups excluding tert-OH is 1. The number of carbonyl (C=O) groups is 1. The first-order chi connectivity index (χ1) is 14.7. The van der Waals surface area contributed by atoms with Crippen LogP contribution in [-0.4, -0.2) is 17.0 Å². The summed E-state index contributed by atoms with van der Waals surface area (Å²) in [5.41, 5.74) is 0.833. The Kier molecular flexibility index (Phi) is 5.01. The lowest BCUT2D eigenvalue weighted by Crippen LogP contribution is -2.69. The SMILES string of the molecule is C[C@@H]1[C@@H]2[C@H]3C(=O)C[C@@H]4[C@]5(C)CC[C@H](O)C(C)(C)[C@H]5CC[C@]4(C)[C@@]3(C)CC[C@@]2(C)CC[C@H]1C. The van der Waals surface area contributed by atoms with Gasteiger partial charge < -0.3 is 5.11 Å². The molecule has 2 heteroatoms. The number of rotatable bonds is 0. The molecule has 32 heavy (non-hydrogen) atoms. The molecular weight excluding hydrogens is 392 g/mol. The normalized spacial score (nSPS) is 59.4. The smallest absolute Gasteiger partial charge is 0.137 e. The molecule has 0 aromatic heterocycles. The third-order valence-corrected chi connectivity index (χ3v) is 13.8. The van der Waals surface area contributed by atoms with Crippen molar-refractivity contribution >= 4 is 5.78 Å². The maximum Gasteiger partial charge on any atom is 0.137 e. The van der Waals surface area contributed by atoms with Crippen LogP contribution < -0.4 is 0 Å². The zero-order chi connectivity index (χ0) is 23.5. The zero-order valence-electron chi connectivity index (χ0n) is 22.3. The van der Waals surface area contributed by atoms with E-state index in [1.54, 1.807) is 0 Å². The van der Waals surface area contributed by atoms with Crippen molar-refractivity contribution in [2.75, 3.05) is 0 Å². The van der Waals surface area contributed by atoms with Crippen LogP contribution in [0.1, 0.15) is 113 Å². The first kappa shape index (κ1) is 23.4. The van der Waals surface area contributed by atoms with Crippen molar-refractivity contribution in [1.82, 2.24) is 0 Å².